The number of likely N-dealkylation sites (N-methyl/N-ethyl adjacent to an activating group) is 1. The predicted octanol–water partition coefficient (Wildman–Crippen LogP) is 0.523. The SMILES string of the molecule is CN(C)C(=O)C(N)Cc1cscn1.Cl. The number of carbonyl (C=O) groups excluding carboxylic acids is 1. The van der Waals surface area contributed by atoms with Crippen LogP contribution in [-0.2, 0) is 11.2 Å². The number of nitrogens with two attached hydrogens (primary N) is 1. The van der Waals surface area contributed by atoms with Crippen LogP contribution in [0.3, 0.4) is 0 Å². The molecule has 0 saturated carbocycles. The van der Waals surface area contributed by atoms with Gasteiger partial charge in [0.1, 0.15) is 0 Å². The van der Waals surface area contributed by atoms with E-state index in [2.05, 4.69) is 4.98 Å². The molecule has 1 unspecified atom stereocenters. The molecule has 1 atom stereocenters. The van der Waals surface area contributed by atoms with Crippen LogP contribution < -0.4 is 5.73 Å². The van der Waals surface area contributed by atoms with E-state index in [-0.39, 0.29) is 18.3 Å². The lowest BCUT2D eigenvalue weighted by Crippen LogP contribution is -2.41. The number of rotatable bonds is 3. The Balaban J connectivity index is 0.00000169. The predicted molar refractivity (Wildman–Crippen MR) is 59.7 cm³/mol. The van der Waals surface area contributed by atoms with E-state index in [0.717, 1.165) is 5.69 Å². The van der Waals surface area contributed by atoms with E-state index in [0.29, 0.717) is 6.42 Å². The summed E-state index contributed by atoms with van der Waals surface area (Å²) in [6.45, 7) is 0. The first kappa shape index (κ1) is 13.4. The minimum absolute atomic E-state index is 0. The normalized spacial score (nSPS) is 11.6. The Kier molecular flexibility index (Phi) is 5.68. The zero-order valence-electron chi connectivity index (χ0n) is 8.14. The van der Waals surface area contributed by atoms with Crippen LogP contribution in [0, 0.1) is 0 Å². The van der Waals surface area contributed by atoms with Gasteiger partial charge in [-0.15, -0.1) is 23.7 Å². The molecule has 0 aromatic carbocycles. The second kappa shape index (κ2) is 5.95. The maximum atomic E-state index is 11.3. The van der Waals surface area contributed by atoms with Crippen LogP contribution in [0.1, 0.15) is 5.69 Å². The second-order valence-electron chi connectivity index (χ2n) is 3.02. The lowest BCUT2D eigenvalue weighted by Gasteiger charge is -2.15. The summed E-state index contributed by atoms with van der Waals surface area (Å²) in [4.78, 5) is 16.9. The number of hydrogen-bond acceptors (Lipinski definition) is 4. The van der Waals surface area contributed by atoms with Crippen LogP contribution in [-0.4, -0.2) is 35.9 Å². The molecule has 1 aromatic rings. The highest BCUT2D eigenvalue weighted by molar-refractivity contribution is 7.07. The van der Waals surface area contributed by atoms with Crippen molar-refractivity contribution in [2.75, 3.05) is 14.1 Å². The molecule has 1 rings (SSSR count). The Bertz CT molecular complexity index is 276. The highest BCUT2D eigenvalue weighted by Crippen LogP contribution is 2.04. The first-order valence-electron chi connectivity index (χ1n) is 3.95. The van der Waals surface area contributed by atoms with E-state index >= 15 is 0 Å². The third kappa shape index (κ3) is 3.61. The number of thiazole rings is 1. The van der Waals surface area contributed by atoms with Crippen molar-refractivity contribution in [1.29, 1.82) is 0 Å². The first-order chi connectivity index (χ1) is 6.11. The molecular weight excluding hydrogens is 222 g/mol. The Morgan fingerprint density at radius 2 is 2.36 bits per heavy atom. The van der Waals surface area contributed by atoms with Crippen molar-refractivity contribution in [2.45, 2.75) is 12.5 Å². The molecular formula is C8H14ClN3OS. The Labute approximate surface area is 93.5 Å². The summed E-state index contributed by atoms with van der Waals surface area (Å²) in [5, 5.41) is 1.91. The molecule has 14 heavy (non-hydrogen) atoms. The molecule has 80 valence electrons. The van der Waals surface area contributed by atoms with Gasteiger partial charge in [0.05, 0.1) is 17.2 Å². The highest BCUT2D eigenvalue weighted by Gasteiger charge is 2.16. The van der Waals surface area contributed by atoms with Crippen molar-refractivity contribution in [3.63, 3.8) is 0 Å². The summed E-state index contributed by atoms with van der Waals surface area (Å²) < 4.78 is 0. The minimum atomic E-state index is -0.475. The summed E-state index contributed by atoms with van der Waals surface area (Å²) in [6, 6.07) is -0.475. The quantitative estimate of drug-likeness (QED) is 0.831. The van der Waals surface area contributed by atoms with E-state index < -0.39 is 6.04 Å². The number of amides is 1. The molecule has 0 bridgehead atoms. The standard InChI is InChI=1S/C8H13N3OS.ClH/c1-11(2)8(12)7(9)3-6-4-13-5-10-6;/h4-5,7H,3,9H2,1-2H3;1H. The maximum absolute atomic E-state index is 11.3. The Morgan fingerprint density at radius 3 is 2.79 bits per heavy atom. The zero-order valence-corrected chi connectivity index (χ0v) is 9.77. The van der Waals surface area contributed by atoms with Crippen LogP contribution in [0.5, 0.6) is 0 Å². The first-order valence-corrected chi connectivity index (χ1v) is 4.89. The molecule has 6 heteroatoms. The van der Waals surface area contributed by atoms with Gasteiger partial charge in [-0.2, -0.15) is 0 Å². The van der Waals surface area contributed by atoms with Gasteiger partial charge in [0, 0.05) is 25.9 Å². The number of aromatic nitrogens is 1. The van der Waals surface area contributed by atoms with Gasteiger partial charge < -0.3 is 10.6 Å². The van der Waals surface area contributed by atoms with Gasteiger partial charge in [0.25, 0.3) is 0 Å². The monoisotopic (exact) mass is 235 g/mol. The van der Waals surface area contributed by atoms with Crippen molar-refractivity contribution in [2.24, 2.45) is 5.73 Å². The van der Waals surface area contributed by atoms with E-state index in [9.17, 15) is 4.79 Å². The third-order valence-electron chi connectivity index (χ3n) is 1.67. The summed E-state index contributed by atoms with van der Waals surface area (Å²) in [7, 11) is 3.40. The van der Waals surface area contributed by atoms with Crippen LogP contribution in [0.2, 0.25) is 0 Å². The van der Waals surface area contributed by atoms with Gasteiger partial charge in [-0.25, -0.2) is 4.98 Å². The fourth-order valence-electron chi connectivity index (χ4n) is 0.983. The summed E-state index contributed by atoms with van der Waals surface area (Å²) in [5.41, 5.74) is 8.30. The molecule has 1 amide bonds. The fourth-order valence-corrected chi connectivity index (χ4v) is 1.55. The van der Waals surface area contributed by atoms with Crippen LogP contribution in [0.25, 0.3) is 0 Å². The molecule has 4 nitrogen and oxygen atoms in total. The molecule has 0 aliphatic rings. The molecule has 0 radical (unpaired) electrons. The molecule has 1 aromatic heterocycles. The third-order valence-corrected chi connectivity index (χ3v) is 2.31. The lowest BCUT2D eigenvalue weighted by molar-refractivity contribution is -0.130. The van der Waals surface area contributed by atoms with Crippen LogP contribution >= 0.6 is 23.7 Å². The smallest absolute Gasteiger partial charge is 0.239 e. The van der Waals surface area contributed by atoms with Gasteiger partial charge >= 0.3 is 0 Å². The largest absolute Gasteiger partial charge is 0.347 e. The molecule has 2 N–H and O–H groups in total. The highest BCUT2D eigenvalue weighted by atomic mass is 35.5. The second-order valence-corrected chi connectivity index (χ2v) is 3.74. The van der Waals surface area contributed by atoms with Gasteiger partial charge in [-0.1, -0.05) is 0 Å². The van der Waals surface area contributed by atoms with Crippen molar-refractivity contribution in [3.8, 4) is 0 Å². The average Bonchev–Trinajstić information content (AvgIpc) is 2.55. The molecule has 0 aliphatic carbocycles. The van der Waals surface area contributed by atoms with Crippen LogP contribution in [0.4, 0.5) is 0 Å². The minimum Gasteiger partial charge on any atom is -0.347 e. The van der Waals surface area contributed by atoms with Crippen LogP contribution in [0.15, 0.2) is 10.9 Å². The van der Waals surface area contributed by atoms with Gasteiger partial charge in [-0.05, 0) is 0 Å². The number of nitrogens with zero attached hydrogens (tertiary/aromatic N) is 2. The number of halogens is 1. The van der Waals surface area contributed by atoms with E-state index in [1.54, 1.807) is 19.6 Å². The van der Waals surface area contributed by atoms with Crippen molar-refractivity contribution >= 4 is 29.7 Å². The molecule has 0 saturated heterocycles. The van der Waals surface area contributed by atoms with E-state index in [1.165, 1.54) is 16.2 Å². The molecule has 0 aliphatic heterocycles. The number of carbonyl (C=O) groups is 1. The summed E-state index contributed by atoms with van der Waals surface area (Å²) in [5.74, 6) is -0.0620. The lowest BCUT2D eigenvalue weighted by atomic mass is 10.1. The topological polar surface area (TPSA) is 59.2 Å². The van der Waals surface area contributed by atoms with Gasteiger partial charge in [0.15, 0.2) is 0 Å². The molecule has 0 spiro atoms. The van der Waals surface area contributed by atoms with Gasteiger partial charge in [-0.3, -0.25) is 4.79 Å². The maximum Gasteiger partial charge on any atom is 0.239 e. The average molecular weight is 236 g/mol. The van der Waals surface area contributed by atoms with Crippen molar-refractivity contribution in [3.05, 3.63) is 16.6 Å². The summed E-state index contributed by atoms with van der Waals surface area (Å²) in [6.07, 6.45) is 0.514. The zero-order chi connectivity index (χ0) is 9.84. The molecule has 1 heterocycles. The van der Waals surface area contributed by atoms with Crippen molar-refractivity contribution < 1.29 is 4.79 Å². The van der Waals surface area contributed by atoms with E-state index in [1.807, 2.05) is 5.38 Å². The summed E-state index contributed by atoms with van der Waals surface area (Å²) >= 11 is 1.51. The fraction of sp³-hybridized carbons (Fsp3) is 0.500. The Morgan fingerprint density at radius 1 is 1.71 bits per heavy atom. The van der Waals surface area contributed by atoms with Crippen molar-refractivity contribution in [1.82, 2.24) is 9.88 Å². The Hall–Kier alpha value is -0.650. The van der Waals surface area contributed by atoms with E-state index in [4.69, 9.17) is 5.73 Å². The van der Waals surface area contributed by atoms with Gasteiger partial charge in [0.2, 0.25) is 5.91 Å². The molecule has 0 fully saturated rings. The number of hydrogen-bond donors (Lipinski definition) is 1.